The summed E-state index contributed by atoms with van der Waals surface area (Å²) >= 11 is 13.9. The van der Waals surface area contributed by atoms with Crippen molar-refractivity contribution in [3.05, 3.63) is 44.2 Å². The third kappa shape index (κ3) is 2.96. The Morgan fingerprint density at radius 1 is 1.12 bits per heavy atom. The van der Waals surface area contributed by atoms with Crippen molar-refractivity contribution in [1.29, 1.82) is 0 Å². The summed E-state index contributed by atoms with van der Waals surface area (Å²) < 4.78 is 1.13. The molecule has 82 valence electrons. The first-order chi connectivity index (χ1) is 7.65. The summed E-state index contributed by atoms with van der Waals surface area (Å²) in [6.07, 6.45) is 0. The second-order valence-electron chi connectivity index (χ2n) is 3.01. The highest BCUT2D eigenvalue weighted by atomic mass is 127. The molecule has 1 aromatic heterocycles. The Bertz CT molecular complexity index is 519. The standard InChI is InChI=1S/C10H6Cl2IN3/c11-9-5-8(10(12)16-15-9)14-7-3-1-2-6(13)4-7/h1-5H,(H,14,15). The van der Waals surface area contributed by atoms with Crippen molar-refractivity contribution in [3.63, 3.8) is 0 Å². The van der Waals surface area contributed by atoms with Crippen LogP contribution < -0.4 is 5.32 Å². The summed E-state index contributed by atoms with van der Waals surface area (Å²) in [6.45, 7) is 0. The maximum atomic E-state index is 5.89. The lowest BCUT2D eigenvalue weighted by Gasteiger charge is -2.07. The molecule has 0 aliphatic rings. The van der Waals surface area contributed by atoms with Crippen LogP contribution in [0.1, 0.15) is 0 Å². The minimum atomic E-state index is 0.295. The van der Waals surface area contributed by atoms with E-state index in [1.807, 2.05) is 24.3 Å². The van der Waals surface area contributed by atoms with Gasteiger partial charge < -0.3 is 5.32 Å². The van der Waals surface area contributed by atoms with E-state index in [2.05, 4.69) is 38.1 Å². The SMILES string of the molecule is Clc1cc(Nc2cccc(I)c2)c(Cl)nn1. The first-order valence-corrected chi connectivity index (χ1v) is 6.20. The topological polar surface area (TPSA) is 37.8 Å². The van der Waals surface area contributed by atoms with Crippen molar-refractivity contribution in [2.75, 3.05) is 5.32 Å². The predicted molar refractivity (Wildman–Crippen MR) is 74.5 cm³/mol. The molecule has 0 aliphatic carbocycles. The summed E-state index contributed by atoms with van der Waals surface area (Å²) in [5.41, 5.74) is 1.57. The molecule has 16 heavy (non-hydrogen) atoms. The fourth-order valence-electron chi connectivity index (χ4n) is 1.16. The maximum Gasteiger partial charge on any atom is 0.175 e. The van der Waals surface area contributed by atoms with E-state index in [9.17, 15) is 0 Å². The minimum Gasteiger partial charge on any atom is -0.353 e. The number of aromatic nitrogens is 2. The van der Waals surface area contributed by atoms with E-state index in [4.69, 9.17) is 23.2 Å². The van der Waals surface area contributed by atoms with Crippen LogP contribution >= 0.6 is 45.8 Å². The van der Waals surface area contributed by atoms with Crippen LogP contribution in [-0.2, 0) is 0 Å². The van der Waals surface area contributed by atoms with Gasteiger partial charge in [-0.05, 0) is 40.8 Å². The number of halogens is 3. The van der Waals surface area contributed by atoms with E-state index in [0.29, 0.717) is 16.0 Å². The monoisotopic (exact) mass is 365 g/mol. The highest BCUT2D eigenvalue weighted by molar-refractivity contribution is 14.1. The van der Waals surface area contributed by atoms with Crippen LogP contribution in [0.2, 0.25) is 10.3 Å². The Morgan fingerprint density at radius 3 is 2.69 bits per heavy atom. The van der Waals surface area contributed by atoms with Crippen LogP contribution in [0.5, 0.6) is 0 Å². The normalized spacial score (nSPS) is 10.2. The molecule has 0 saturated heterocycles. The number of nitrogens with zero attached hydrogens (tertiary/aromatic N) is 2. The zero-order valence-corrected chi connectivity index (χ0v) is 11.6. The molecule has 1 heterocycles. The van der Waals surface area contributed by atoms with E-state index in [-0.39, 0.29) is 0 Å². The summed E-state index contributed by atoms with van der Waals surface area (Å²) in [7, 11) is 0. The van der Waals surface area contributed by atoms with Gasteiger partial charge in [-0.2, -0.15) is 0 Å². The molecule has 2 rings (SSSR count). The summed E-state index contributed by atoms with van der Waals surface area (Å²) in [5.74, 6) is 0. The third-order valence-corrected chi connectivity index (χ3v) is 2.96. The van der Waals surface area contributed by atoms with E-state index in [1.54, 1.807) is 6.07 Å². The highest BCUT2D eigenvalue weighted by Crippen LogP contribution is 2.25. The van der Waals surface area contributed by atoms with Gasteiger partial charge in [-0.15, -0.1) is 10.2 Å². The van der Waals surface area contributed by atoms with Gasteiger partial charge in [0, 0.05) is 15.3 Å². The van der Waals surface area contributed by atoms with Gasteiger partial charge in [-0.3, -0.25) is 0 Å². The fraction of sp³-hybridized carbons (Fsp3) is 0. The van der Waals surface area contributed by atoms with Crippen LogP contribution in [0.25, 0.3) is 0 Å². The van der Waals surface area contributed by atoms with E-state index < -0.39 is 0 Å². The average molecular weight is 366 g/mol. The zero-order chi connectivity index (χ0) is 11.5. The van der Waals surface area contributed by atoms with Gasteiger partial charge in [0.1, 0.15) is 0 Å². The van der Waals surface area contributed by atoms with Crippen LogP contribution in [-0.4, -0.2) is 10.2 Å². The molecule has 2 aromatic rings. The summed E-state index contributed by atoms with van der Waals surface area (Å²) in [5, 5.41) is 11.1. The Balaban J connectivity index is 2.30. The molecule has 0 fully saturated rings. The fourth-order valence-corrected chi connectivity index (χ4v) is 1.99. The van der Waals surface area contributed by atoms with Crippen LogP contribution in [0.4, 0.5) is 11.4 Å². The maximum absolute atomic E-state index is 5.89. The Labute approximate surface area is 116 Å². The molecule has 0 radical (unpaired) electrons. The van der Waals surface area contributed by atoms with Crippen molar-refractivity contribution in [2.24, 2.45) is 0 Å². The molecule has 1 aromatic carbocycles. The largest absolute Gasteiger partial charge is 0.353 e. The van der Waals surface area contributed by atoms with Crippen molar-refractivity contribution < 1.29 is 0 Å². The zero-order valence-electron chi connectivity index (χ0n) is 7.92. The number of anilines is 2. The number of rotatable bonds is 2. The van der Waals surface area contributed by atoms with Gasteiger partial charge in [-0.25, -0.2) is 0 Å². The number of hydrogen-bond donors (Lipinski definition) is 1. The lowest BCUT2D eigenvalue weighted by Crippen LogP contribution is -1.95. The van der Waals surface area contributed by atoms with E-state index in [1.165, 1.54) is 0 Å². The number of benzene rings is 1. The van der Waals surface area contributed by atoms with Gasteiger partial charge in [-0.1, -0.05) is 29.3 Å². The average Bonchev–Trinajstić information content (AvgIpc) is 2.24. The van der Waals surface area contributed by atoms with Gasteiger partial charge in [0.2, 0.25) is 0 Å². The lowest BCUT2D eigenvalue weighted by atomic mass is 10.3. The van der Waals surface area contributed by atoms with Crippen LogP contribution in [0, 0.1) is 3.57 Å². The molecule has 0 atom stereocenters. The minimum absolute atomic E-state index is 0.295. The van der Waals surface area contributed by atoms with Crippen molar-refractivity contribution in [1.82, 2.24) is 10.2 Å². The molecular formula is C10H6Cl2IN3. The predicted octanol–water partition coefficient (Wildman–Crippen LogP) is 4.13. The molecular weight excluding hydrogens is 360 g/mol. The molecule has 0 amide bonds. The van der Waals surface area contributed by atoms with Crippen LogP contribution in [0.3, 0.4) is 0 Å². The van der Waals surface area contributed by atoms with E-state index >= 15 is 0 Å². The first-order valence-electron chi connectivity index (χ1n) is 4.36. The van der Waals surface area contributed by atoms with Gasteiger partial charge >= 0.3 is 0 Å². The van der Waals surface area contributed by atoms with Gasteiger partial charge in [0.25, 0.3) is 0 Å². The second kappa shape index (κ2) is 5.16. The molecule has 0 bridgehead atoms. The quantitative estimate of drug-likeness (QED) is 0.813. The number of hydrogen-bond acceptors (Lipinski definition) is 3. The smallest absolute Gasteiger partial charge is 0.175 e. The highest BCUT2D eigenvalue weighted by Gasteiger charge is 2.04. The molecule has 0 aliphatic heterocycles. The van der Waals surface area contributed by atoms with Crippen molar-refractivity contribution in [2.45, 2.75) is 0 Å². The van der Waals surface area contributed by atoms with Gasteiger partial charge in [0.15, 0.2) is 10.3 Å². The molecule has 0 spiro atoms. The van der Waals surface area contributed by atoms with Crippen molar-refractivity contribution >= 4 is 57.2 Å². The first kappa shape index (κ1) is 11.9. The van der Waals surface area contributed by atoms with E-state index in [0.717, 1.165) is 9.26 Å². The molecule has 1 N–H and O–H groups in total. The third-order valence-electron chi connectivity index (χ3n) is 1.82. The number of nitrogens with one attached hydrogen (secondary N) is 1. The van der Waals surface area contributed by atoms with Gasteiger partial charge in [0.05, 0.1) is 5.69 Å². The Kier molecular flexibility index (Phi) is 3.83. The molecule has 0 saturated carbocycles. The van der Waals surface area contributed by atoms with Crippen molar-refractivity contribution in [3.8, 4) is 0 Å². The Hall–Kier alpha value is -0.590. The molecule has 0 unspecified atom stereocenters. The van der Waals surface area contributed by atoms with Crippen LogP contribution in [0.15, 0.2) is 30.3 Å². The lowest BCUT2D eigenvalue weighted by molar-refractivity contribution is 1.03. The second-order valence-corrected chi connectivity index (χ2v) is 5.00. The summed E-state index contributed by atoms with van der Waals surface area (Å²) in [4.78, 5) is 0. The molecule has 3 nitrogen and oxygen atoms in total. The Morgan fingerprint density at radius 2 is 1.94 bits per heavy atom. The summed E-state index contributed by atoms with van der Waals surface area (Å²) in [6, 6.07) is 9.52. The molecule has 6 heteroatoms.